The molecule has 2 N–H and O–H groups in total. The average molecular weight is 270 g/mol. The number of nitrogens with one attached hydrogen (secondary N) is 1. The molecule has 0 aliphatic carbocycles. The zero-order valence-electron chi connectivity index (χ0n) is 8.89. The highest BCUT2D eigenvalue weighted by Crippen LogP contribution is 2.24. The van der Waals surface area contributed by atoms with Gasteiger partial charge in [0.1, 0.15) is 0 Å². The van der Waals surface area contributed by atoms with Crippen molar-refractivity contribution in [2.75, 3.05) is 13.1 Å². The third-order valence-corrected chi connectivity index (χ3v) is 3.84. The van der Waals surface area contributed by atoms with Gasteiger partial charge in [-0.25, -0.2) is 0 Å². The molecule has 3 heteroatoms. The first-order valence-electron chi connectivity index (χ1n) is 5.27. The minimum atomic E-state index is -0.547. The summed E-state index contributed by atoms with van der Waals surface area (Å²) in [6.45, 7) is 3.70. The van der Waals surface area contributed by atoms with E-state index >= 15 is 0 Å². The van der Waals surface area contributed by atoms with Gasteiger partial charge < -0.3 is 10.4 Å². The van der Waals surface area contributed by atoms with Crippen LogP contribution in [-0.4, -0.2) is 23.8 Å². The van der Waals surface area contributed by atoms with E-state index in [1.54, 1.807) is 0 Å². The lowest BCUT2D eigenvalue weighted by Crippen LogP contribution is -2.33. The third kappa shape index (κ3) is 2.60. The highest BCUT2D eigenvalue weighted by molar-refractivity contribution is 9.10. The minimum absolute atomic E-state index is 0.547. The molecule has 2 rings (SSSR count). The van der Waals surface area contributed by atoms with E-state index in [0.717, 1.165) is 23.9 Å². The second-order valence-corrected chi connectivity index (χ2v) is 5.27. The standard InChI is InChI=1S/C12H16BrNO/c1-9-2-3-10(6-11(9)13)7-12(15)4-5-14-8-12/h2-3,6,14-15H,4-5,7-8H2,1H3. The Morgan fingerprint density at radius 1 is 1.53 bits per heavy atom. The second-order valence-electron chi connectivity index (χ2n) is 4.41. The summed E-state index contributed by atoms with van der Waals surface area (Å²) in [6.07, 6.45) is 1.58. The Bertz CT molecular complexity index is 359. The highest BCUT2D eigenvalue weighted by Gasteiger charge is 2.30. The number of hydrogen-bond acceptors (Lipinski definition) is 2. The van der Waals surface area contributed by atoms with Crippen LogP contribution in [0, 0.1) is 6.92 Å². The van der Waals surface area contributed by atoms with E-state index < -0.39 is 5.60 Å². The normalized spacial score (nSPS) is 25.8. The van der Waals surface area contributed by atoms with E-state index in [2.05, 4.69) is 46.4 Å². The van der Waals surface area contributed by atoms with Gasteiger partial charge in [0.25, 0.3) is 0 Å². The molecular formula is C12H16BrNO. The van der Waals surface area contributed by atoms with Gasteiger partial charge in [0, 0.05) is 17.4 Å². The van der Waals surface area contributed by atoms with Crippen molar-refractivity contribution >= 4 is 15.9 Å². The number of halogens is 1. The molecule has 82 valence electrons. The van der Waals surface area contributed by atoms with Crippen LogP contribution in [-0.2, 0) is 6.42 Å². The summed E-state index contributed by atoms with van der Waals surface area (Å²) in [5.41, 5.74) is 1.88. The lowest BCUT2D eigenvalue weighted by atomic mass is 9.93. The first-order valence-corrected chi connectivity index (χ1v) is 6.06. The molecule has 1 heterocycles. The topological polar surface area (TPSA) is 32.3 Å². The quantitative estimate of drug-likeness (QED) is 0.861. The Labute approximate surface area is 98.8 Å². The molecule has 1 fully saturated rings. The molecule has 0 spiro atoms. The molecule has 1 aliphatic rings. The molecule has 1 aliphatic heterocycles. The fourth-order valence-electron chi connectivity index (χ4n) is 2.01. The Hall–Kier alpha value is -0.380. The van der Waals surface area contributed by atoms with Crippen LogP contribution in [0.5, 0.6) is 0 Å². The molecule has 1 aromatic carbocycles. The maximum atomic E-state index is 10.2. The summed E-state index contributed by atoms with van der Waals surface area (Å²) in [6, 6.07) is 6.28. The number of β-amino-alcohol motifs (C(OH)–C–C–N with tert-alkyl or cyclic N) is 1. The van der Waals surface area contributed by atoms with Gasteiger partial charge in [-0.2, -0.15) is 0 Å². The zero-order valence-corrected chi connectivity index (χ0v) is 10.5. The molecule has 1 atom stereocenters. The van der Waals surface area contributed by atoms with Crippen LogP contribution in [0.4, 0.5) is 0 Å². The third-order valence-electron chi connectivity index (χ3n) is 2.99. The van der Waals surface area contributed by atoms with Crippen molar-refractivity contribution in [1.29, 1.82) is 0 Å². The number of aryl methyl sites for hydroxylation is 1. The Kier molecular flexibility index (Phi) is 3.14. The van der Waals surface area contributed by atoms with Crippen molar-refractivity contribution in [3.8, 4) is 0 Å². The summed E-state index contributed by atoms with van der Waals surface area (Å²) in [5.74, 6) is 0. The molecule has 0 bridgehead atoms. The van der Waals surface area contributed by atoms with Gasteiger partial charge in [0.2, 0.25) is 0 Å². The van der Waals surface area contributed by atoms with Crippen molar-refractivity contribution in [2.24, 2.45) is 0 Å². The minimum Gasteiger partial charge on any atom is -0.388 e. The van der Waals surface area contributed by atoms with Crippen molar-refractivity contribution in [3.63, 3.8) is 0 Å². The number of hydrogen-bond donors (Lipinski definition) is 2. The Balaban J connectivity index is 2.13. The zero-order chi connectivity index (χ0) is 10.9. The van der Waals surface area contributed by atoms with Gasteiger partial charge in [-0.05, 0) is 37.1 Å². The SMILES string of the molecule is Cc1ccc(CC2(O)CCNC2)cc1Br. The van der Waals surface area contributed by atoms with E-state index in [1.165, 1.54) is 11.1 Å². The molecule has 2 nitrogen and oxygen atoms in total. The van der Waals surface area contributed by atoms with Crippen molar-refractivity contribution in [1.82, 2.24) is 5.32 Å². The van der Waals surface area contributed by atoms with Crippen molar-refractivity contribution in [2.45, 2.75) is 25.4 Å². The number of rotatable bonds is 2. The molecule has 0 aromatic heterocycles. The van der Waals surface area contributed by atoms with Crippen molar-refractivity contribution in [3.05, 3.63) is 33.8 Å². The molecule has 1 saturated heterocycles. The van der Waals surface area contributed by atoms with E-state index in [9.17, 15) is 5.11 Å². The summed E-state index contributed by atoms with van der Waals surface area (Å²) in [4.78, 5) is 0. The van der Waals surface area contributed by atoms with E-state index in [1.807, 2.05) is 0 Å². The van der Waals surface area contributed by atoms with Crippen LogP contribution >= 0.6 is 15.9 Å². The summed E-state index contributed by atoms with van der Waals surface area (Å²) >= 11 is 3.52. The Morgan fingerprint density at radius 2 is 2.33 bits per heavy atom. The molecule has 15 heavy (non-hydrogen) atoms. The average Bonchev–Trinajstić information content (AvgIpc) is 2.59. The molecule has 1 unspecified atom stereocenters. The van der Waals surface area contributed by atoms with Gasteiger partial charge >= 0.3 is 0 Å². The highest BCUT2D eigenvalue weighted by atomic mass is 79.9. The Morgan fingerprint density at radius 3 is 2.93 bits per heavy atom. The van der Waals surface area contributed by atoms with Crippen LogP contribution in [0.2, 0.25) is 0 Å². The van der Waals surface area contributed by atoms with Gasteiger partial charge in [-0.15, -0.1) is 0 Å². The molecule has 1 aromatic rings. The van der Waals surface area contributed by atoms with Crippen molar-refractivity contribution < 1.29 is 5.11 Å². The van der Waals surface area contributed by atoms with Crippen LogP contribution in [0.25, 0.3) is 0 Å². The first kappa shape index (κ1) is 11.1. The summed E-state index contributed by atoms with van der Waals surface area (Å²) < 4.78 is 1.12. The van der Waals surface area contributed by atoms with Crippen LogP contribution in [0.15, 0.2) is 22.7 Å². The van der Waals surface area contributed by atoms with Crippen LogP contribution < -0.4 is 5.32 Å². The molecule has 0 amide bonds. The van der Waals surface area contributed by atoms with E-state index in [0.29, 0.717) is 6.54 Å². The molecule has 0 radical (unpaired) electrons. The maximum Gasteiger partial charge on any atom is 0.0823 e. The molecule has 0 saturated carbocycles. The van der Waals surface area contributed by atoms with E-state index in [-0.39, 0.29) is 0 Å². The van der Waals surface area contributed by atoms with Crippen LogP contribution in [0.3, 0.4) is 0 Å². The lowest BCUT2D eigenvalue weighted by Gasteiger charge is -2.21. The number of aliphatic hydroxyl groups is 1. The maximum absolute atomic E-state index is 10.2. The summed E-state index contributed by atoms with van der Waals surface area (Å²) in [5, 5.41) is 13.4. The predicted molar refractivity (Wildman–Crippen MR) is 65.0 cm³/mol. The van der Waals surface area contributed by atoms with Gasteiger partial charge in [-0.3, -0.25) is 0 Å². The predicted octanol–water partition coefficient (Wildman–Crippen LogP) is 2.02. The molecular weight excluding hydrogens is 254 g/mol. The second kappa shape index (κ2) is 4.24. The summed E-state index contributed by atoms with van der Waals surface area (Å²) in [7, 11) is 0. The fourth-order valence-corrected chi connectivity index (χ4v) is 2.43. The van der Waals surface area contributed by atoms with E-state index in [4.69, 9.17) is 0 Å². The monoisotopic (exact) mass is 269 g/mol. The lowest BCUT2D eigenvalue weighted by molar-refractivity contribution is 0.0619. The largest absolute Gasteiger partial charge is 0.388 e. The van der Waals surface area contributed by atoms with Crippen LogP contribution in [0.1, 0.15) is 17.5 Å². The number of benzene rings is 1. The van der Waals surface area contributed by atoms with Gasteiger partial charge in [-0.1, -0.05) is 28.1 Å². The smallest absolute Gasteiger partial charge is 0.0823 e. The first-order chi connectivity index (χ1) is 7.09. The van der Waals surface area contributed by atoms with Gasteiger partial charge in [0.05, 0.1) is 5.60 Å². The fraction of sp³-hybridized carbons (Fsp3) is 0.500. The van der Waals surface area contributed by atoms with Gasteiger partial charge in [0.15, 0.2) is 0 Å².